The molecule has 5 rings (SSSR count). The van der Waals surface area contributed by atoms with Crippen LogP contribution in [0.5, 0.6) is 5.75 Å². The molecule has 0 saturated heterocycles. The van der Waals surface area contributed by atoms with E-state index >= 15 is 0 Å². The highest BCUT2D eigenvalue weighted by molar-refractivity contribution is 5.95. The topological polar surface area (TPSA) is 82.8 Å². The molecule has 6 heteroatoms. The minimum absolute atomic E-state index is 0.204. The minimum Gasteiger partial charge on any atom is -0.465 e. The second-order valence-corrected chi connectivity index (χ2v) is 7.85. The highest BCUT2D eigenvalue weighted by Crippen LogP contribution is 2.46. The van der Waals surface area contributed by atoms with Crippen LogP contribution >= 0.6 is 0 Å². The van der Waals surface area contributed by atoms with E-state index < -0.39 is 5.97 Å². The molecule has 6 nitrogen and oxygen atoms in total. The summed E-state index contributed by atoms with van der Waals surface area (Å²) in [4.78, 5) is 36.7. The molecule has 0 N–H and O–H groups in total. The van der Waals surface area contributed by atoms with Crippen LogP contribution in [-0.4, -0.2) is 19.0 Å². The SMILES string of the molecule is COC(=O)c1ccc(C2CC(=O)Oc3c2c(C)cc2oc(=O)c4c(c32)CCC4)cc1. The summed E-state index contributed by atoms with van der Waals surface area (Å²) >= 11 is 0. The maximum absolute atomic E-state index is 12.6. The Morgan fingerprint density at radius 2 is 1.83 bits per heavy atom. The normalized spacial score (nSPS) is 17.4. The highest BCUT2D eigenvalue weighted by Gasteiger charge is 2.34. The fraction of sp³-hybridized carbons (Fsp3) is 0.292. The Labute approximate surface area is 172 Å². The molecule has 1 unspecified atom stereocenters. The van der Waals surface area contributed by atoms with Crippen LogP contribution in [0.15, 0.2) is 39.5 Å². The van der Waals surface area contributed by atoms with E-state index in [2.05, 4.69) is 0 Å². The van der Waals surface area contributed by atoms with Gasteiger partial charge in [-0.25, -0.2) is 9.59 Å². The van der Waals surface area contributed by atoms with Gasteiger partial charge in [-0.1, -0.05) is 12.1 Å². The lowest BCUT2D eigenvalue weighted by molar-refractivity contribution is -0.135. The Bertz CT molecular complexity index is 1270. The first-order valence-electron chi connectivity index (χ1n) is 9.99. The third-order valence-corrected chi connectivity index (χ3v) is 6.13. The molecule has 1 atom stereocenters. The van der Waals surface area contributed by atoms with Gasteiger partial charge in [-0.05, 0) is 61.1 Å². The molecule has 0 bridgehead atoms. The maximum Gasteiger partial charge on any atom is 0.339 e. The fourth-order valence-electron chi connectivity index (χ4n) is 4.76. The van der Waals surface area contributed by atoms with Crippen LogP contribution in [0, 0.1) is 6.92 Å². The minimum atomic E-state index is -0.405. The number of benzene rings is 2. The van der Waals surface area contributed by atoms with Crippen molar-refractivity contribution in [1.82, 2.24) is 0 Å². The quantitative estimate of drug-likeness (QED) is 0.367. The Balaban J connectivity index is 1.73. The molecule has 2 heterocycles. The molecule has 0 amide bonds. The van der Waals surface area contributed by atoms with Crippen molar-refractivity contribution in [2.45, 2.75) is 38.5 Å². The Morgan fingerprint density at radius 1 is 1.10 bits per heavy atom. The summed E-state index contributed by atoms with van der Waals surface area (Å²) in [5.74, 6) is -0.432. The van der Waals surface area contributed by atoms with Gasteiger partial charge in [0.2, 0.25) is 0 Å². The van der Waals surface area contributed by atoms with Crippen LogP contribution in [-0.2, 0) is 22.4 Å². The Hall–Kier alpha value is -3.41. The summed E-state index contributed by atoms with van der Waals surface area (Å²) in [5, 5.41) is 0.743. The first kappa shape index (κ1) is 18.6. The summed E-state index contributed by atoms with van der Waals surface area (Å²) in [5.41, 5.74) is 4.98. The Morgan fingerprint density at radius 3 is 2.57 bits per heavy atom. The van der Waals surface area contributed by atoms with Crippen LogP contribution in [0.4, 0.5) is 0 Å². The molecule has 0 spiro atoms. The third kappa shape index (κ3) is 2.75. The van der Waals surface area contributed by atoms with Gasteiger partial charge in [0.05, 0.1) is 24.5 Å². The van der Waals surface area contributed by atoms with E-state index in [9.17, 15) is 14.4 Å². The molecule has 0 fully saturated rings. The number of fused-ring (bicyclic) bond motifs is 5. The van der Waals surface area contributed by atoms with Gasteiger partial charge >= 0.3 is 17.6 Å². The van der Waals surface area contributed by atoms with E-state index in [0.29, 0.717) is 28.9 Å². The number of ether oxygens (including phenoxy) is 2. The number of methoxy groups -OCH3 is 1. The van der Waals surface area contributed by atoms with Gasteiger partial charge in [0.25, 0.3) is 0 Å². The van der Waals surface area contributed by atoms with E-state index in [-0.39, 0.29) is 23.9 Å². The average molecular weight is 404 g/mol. The lowest BCUT2D eigenvalue weighted by Crippen LogP contribution is -2.23. The van der Waals surface area contributed by atoms with E-state index in [1.165, 1.54) is 7.11 Å². The van der Waals surface area contributed by atoms with Crippen LogP contribution in [0.2, 0.25) is 0 Å². The van der Waals surface area contributed by atoms with Crippen molar-refractivity contribution < 1.29 is 23.5 Å². The molecular weight excluding hydrogens is 384 g/mol. The predicted molar refractivity (Wildman–Crippen MR) is 109 cm³/mol. The van der Waals surface area contributed by atoms with E-state index in [0.717, 1.165) is 40.5 Å². The first-order chi connectivity index (χ1) is 14.5. The zero-order valence-corrected chi connectivity index (χ0v) is 16.7. The number of esters is 2. The molecule has 30 heavy (non-hydrogen) atoms. The second-order valence-electron chi connectivity index (χ2n) is 7.85. The van der Waals surface area contributed by atoms with Crippen molar-refractivity contribution in [2.24, 2.45) is 0 Å². The van der Waals surface area contributed by atoms with Crippen LogP contribution in [0.1, 0.15) is 56.9 Å². The molecule has 0 radical (unpaired) electrons. The molecule has 1 aliphatic carbocycles. The summed E-state index contributed by atoms with van der Waals surface area (Å²) in [7, 11) is 1.34. The molecule has 152 valence electrons. The number of aryl methyl sites for hydroxylation is 2. The van der Waals surface area contributed by atoms with Crippen molar-refractivity contribution in [1.29, 1.82) is 0 Å². The van der Waals surface area contributed by atoms with Gasteiger partial charge in [-0.2, -0.15) is 0 Å². The monoisotopic (exact) mass is 404 g/mol. The van der Waals surface area contributed by atoms with Crippen LogP contribution < -0.4 is 10.4 Å². The molecule has 1 aliphatic heterocycles. The average Bonchev–Trinajstić information content (AvgIpc) is 3.23. The fourth-order valence-corrected chi connectivity index (χ4v) is 4.76. The lowest BCUT2D eigenvalue weighted by atomic mass is 9.82. The smallest absolute Gasteiger partial charge is 0.339 e. The molecule has 0 saturated carbocycles. The molecule has 3 aromatic rings. The highest BCUT2D eigenvalue weighted by atomic mass is 16.5. The van der Waals surface area contributed by atoms with Gasteiger partial charge < -0.3 is 13.9 Å². The second kappa shape index (κ2) is 6.83. The third-order valence-electron chi connectivity index (χ3n) is 6.13. The molecule has 2 aromatic carbocycles. The largest absolute Gasteiger partial charge is 0.465 e. The lowest BCUT2D eigenvalue weighted by Gasteiger charge is -2.28. The zero-order chi connectivity index (χ0) is 21.0. The van der Waals surface area contributed by atoms with Crippen molar-refractivity contribution in [3.8, 4) is 5.75 Å². The number of carbonyl (C=O) groups is 2. The van der Waals surface area contributed by atoms with E-state index in [1.807, 2.05) is 25.1 Å². The number of rotatable bonds is 2. The zero-order valence-electron chi connectivity index (χ0n) is 16.7. The molecular formula is C24H20O6. The van der Waals surface area contributed by atoms with Crippen molar-refractivity contribution in [3.63, 3.8) is 0 Å². The van der Waals surface area contributed by atoms with Crippen LogP contribution in [0.3, 0.4) is 0 Å². The number of hydrogen-bond donors (Lipinski definition) is 0. The van der Waals surface area contributed by atoms with Gasteiger partial charge in [-0.3, -0.25) is 4.79 Å². The van der Waals surface area contributed by atoms with Crippen molar-refractivity contribution in [2.75, 3.05) is 7.11 Å². The van der Waals surface area contributed by atoms with Gasteiger partial charge in [0, 0.05) is 17.0 Å². The van der Waals surface area contributed by atoms with Gasteiger partial charge in [-0.15, -0.1) is 0 Å². The summed E-state index contributed by atoms with van der Waals surface area (Å²) in [6.45, 7) is 1.93. The molecule has 1 aromatic heterocycles. The standard InChI is InChI=1S/C24H20O6/c1-12-10-18-21(15-4-3-5-16(15)24(27)29-18)22-20(12)17(11-19(25)30-22)13-6-8-14(9-7-13)23(26)28-2/h6-10,17H,3-5,11H2,1-2H3. The van der Waals surface area contributed by atoms with Gasteiger partial charge in [0.1, 0.15) is 11.3 Å². The van der Waals surface area contributed by atoms with E-state index in [4.69, 9.17) is 13.9 Å². The Kier molecular flexibility index (Phi) is 4.24. The number of carbonyl (C=O) groups excluding carboxylic acids is 2. The summed E-state index contributed by atoms with van der Waals surface area (Å²) in [6.07, 6.45) is 2.54. The van der Waals surface area contributed by atoms with Gasteiger partial charge in [0.15, 0.2) is 0 Å². The van der Waals surface area contributed by atoms with Crippen molar-refractivity contribution in [3.05, 3.63) is 74.1 Å². The van der Waals surface area contributed by atoms with Crippen LogP contribution in [0.25, 0.3) is 11.0 Å². The van der Waals surface area contributed by atoms with Crippen molar-refractivity contribution >= 4 is 22.9 Å². The van der Waals surface area contributed by atoms with E-state index in [1.54, 1.807) is 12.1 Å². The summed E-state index contributed by atoms with van der Waals surface area (Å²) in [6, 6.07) is 8.96. The summed E-state index contributed by atoms with van der Waals surface area (Å²) < 4.78 is 16.1. The first-order valence-corrected chi connectivity index (χ1v) is 9.99. The molecule has 2 aliphatic rings. The maximum atomic E-state index is 12.6. The number of hydrogen-bond acceptors (Lipinski definition) is 6. The predicted octanol–water partition coefficient (Wildman–Crippen LogP) is 3.82.